The zero-order valence-corrected chi connectivity index (χ0v) is 17.4. The van der Waals surface area contributed by atoms with Gasteiger partial charge >= 0.3 is 0 Å². The Morgan fingerprint density at radius 3 is 2.81 bits per heavy atom. The molecule has 2 aliphatic rings. The van der Waals surface area contributed by atoms with Crippen molar-refractivity contribution in [3.8, 4) is 11.8 Å². The van der Waals surface area contributed by atoms with Gasteiger partial charge in [0.1, 0.15) is 17.6 Å². The molecule has 1 aliphatic carbocycles. The summed E-state index contributed by atoms with van der Waals surface area (Å²) in [5.41, 5.74) is 9.84. The maximum Gasteiger partial charge on any atom is 0.215 e. The van der Waals surface area contributed by atoms with E-state index in [1.807, 2.05) is 49.4 Å². The summed E-state index contributed by atoms with van der Waals surface area (Å²) in [4.78, 5) is 9.01. The molecule has 7 heteroatoms. The fraction of sp³-hybridized carbons (Fsp3) is 0.292. The van der Waals surface area contributed by atoms with Crippen LogP contribution in [0.25, 0.3) is 0 Å². The van der Waals surface area contributed by atoms with E-state index >= 15 is 0 Å². The molecule has 1 fully saturated rings. The summed E-state index contributed by atoms with van der Waals surface area (Å²) >= 11 is 0. The summed E-state index contributed by atoms with van der Waals surface area (Å²) in [6.45, 7) is 5.97. The number of anilines is 1. The lowest BCUT2D eigenvalue weighted by atomic mass is 10.1. The van der Waals surface area contributed by atoms with Crippen molar-refractivity contribution in [2.75, 3.05) is 5.32 Å². The first kappa shape index (κ1) is 20.5. The smallest absolute Gasteiger partial charge is 0.215 e. The molecule has 7 nitrogen and oxygen atoms in total. The molecule has 2 unspecified atom stereocenters. The first-order valence-electron chi connectivity index (χ1n) is 10.2. The van der Waals surface area contributed by atoms with Gasteiger partial charge in [-0.15, -0.1) is 0 Å². The molecule has 0 aromatic heterocycles. The van der Waals surface area contributed by atoms with Crippen LogP contribution in [0.2, 0.25) is 0 Å². The lowest BCUT2D eigenvalue weighted by Crippen LogP contribution is -2.27. The summed E-state index contributed by atoms with van der Waals surface area (Å²) in [5.74, 6) is 1.88. The summed E-state index contributed by atoms with van der Waals surface area (Å²) in [6, 6.07) is 15.4. The standard InChI is InChI=1S/C24H25N5O2/c1-15-3-10-20(23(26)29-24-22(18-6-7-18)27-14-30-24)21(13-15)28-16(2)31-19-8-4-17(5-9-19)11-12-25/h3-5,8-10,13-14,18,22,24,28H,2,6-7,11H2,1H3,(H2,26,29). The predicted molar refractivity (Wildman–Crippen MR) is 121 cm³/mol. The molecule has 1 aliphatic heterocycles. The third kappa shape index (κ3) is 5.04. The molecule has 0 saturated heterocycles. The summed E-state index contributed by atoms with van der Waals surface area (Å²) in [5, 5.41) is 12.0. The molecule has 31 heavy (non-hydrogen) atoms. The van der Waals surface area contributed by atoms with E-state index in [1.165, 1.54) is 6.40 Å². The molecule has 1 heterocycles. The fourth-order valence-corrected chi connectivity index (χ4v) is 3.50. The molecule has 0 radical (unpaired) electrons. The van der Waals surface area contributed by atoms with Crippen LogP contribution in [0, 0.1) is 24.2 Å². The molecule has 0 spiro atoms. The van der Waals surface area contributed by atoms with Gasteiger partial charge in [0.25, 0.3) is 0 Å². The number of aliphatic imine (C=N–C) groups is 2. The Balaban J connectivity index is 1.48. The van der Waals surface area contributed by atoms with Crippen LogP contribution in [0.3, 0.4) is 0 Å². The van der Waals surface area contributed by atoms with Crippen molar-refractivity contribution < 1.29 is 9.47 Å². The van der Waals surface area contributed by atoms with Gasteiger partial charge in [-0.1, -0.05) is 18.2 Å². The molecule has 158 valence electrons. The number of benzene rings is 2. The Hall–Kier alpha value is -3.79. The topological polar surface area (TPSA) is 105 Å². The Labute approximate surface area is 181 Å². The fourth-order valence-electron chi connectivity index (χ4n) is 3.50. The van der Waals surface area contributed by atoms with Gasteiger partial charge in [-0.05, 0) is 67.7 Å². The third-order valence-corrected chi connectivity index (χ3v) is 5.27. The molecule has 0 amide bonds. The normalized spacial score (nSPS) is 20.1. The minimum atomic E-state index is -0.381. The van der Waals surface area contributed by atoms with E-state index in [9.17, 15) is 0 Å². The molecule has 1 saturated carbocycles. The number of aryl methyl sites for hydroxylation is 1. The average Bonchev–Trinajstić information content (AvgIpc) is 3.48. The Kier molecular flexibility index (Phi) is 5.89. The number of amidine groups is 1. The number of ether oxygens (including phenoxy) is 2. The van der Waals surface area contributed by atoms with E-state index < -0.39 is 0 Å². The van der Waals surface area contributed by atoms with Crippen molar-refractivity contribution in [1.82, 2.24) is 0 Å². The van der Waals surface area contributed by atoms with Crippen LogP contribution in [0.5, 0.6) is 5.75 Å². The number of nitrogens with one attached hydrogen (secondary N) is 1. The van der Waals surface area contributed by atoms with E-state index in [4.69, 9.17) is 20.5 Å². The molecule has 2 aromatic rings. The van der Waals surface area contributed by atoms with E-state index in [0.717, 1.165) is 35.2 Å². The zero-order chi connectivity index (χ0) is 21.8. The lowest BCUT2D eigenvalue weighted by Gasteiger charge is -2.17. The molecular formula is C24H25N5O2. The Morgan fingerprint density at radius 1 is 1.32 bits per heavy atom. The van der Waals surface area contributed by atoms with Gasteiger partial charge in [-0.2, -0.15) is 5.26 Å². The number of hydrogen-bond acceptors (Lipinski definition) is 6. The van der Waals surface area contributed by atoms with Gasteiger partial charge in [0.15, 0.2) is 12.3 Å². The minimum Gasteiger partial charge on any atom is -0.456 e. The van der Waals surface area contributed by atoms with E-state index in [0.29, 0.717) is 29.8 Å². The van der Waals surface area contributed by atoms with Crippen LogP contribution in [0.1, 0.15) is 29.5 Å². The van der Waals surface area contributed by atoms with Gasteiger partial charge < -0.3 is 20.5 Å². The second kappa shape index (κ2) is 8.92. The van der Waals surface area contributed by atoms with Crippen LogP contribution in [0.4, 0.5) is 5.69 Å². The Morgan fingerprint density at radius 2 is 2.10 bits per heavy atom. The van der Waals surface area contributed by atoms with E-state index in [1.54, 1.807) is 0 Å². The van der Waals surface area contributed by atoms with Crippen LogP contribution < -0.4 is 15.8 Å². The van der Waals surface area contributed by atoms with Crippen LogP contribution in [-0.4, -0.2) is 24.5 Å². The highest BCUT2D eigenvalue weighted by Gasteiger charge is 2.40. The van der Waals surface area contributed by atoms with Gasteiger partial charge in [0, 0.05) is 5.56 Å². The SMILES string of the molecule is C=C(Nc1cc(C)ccc1C(N)=NC1OC=NC1C1CC1)Oc1ccc(CC#N)cc1. The highest BCUT2D eigenvalue weighted by molar-refractivity contribution is 6.02. The highest BCUT2D eigenvalue weighted by atomic mass is 16.5. The number of nitrogens with zero attached hydrogens (tertiary/aromatic N) is 3. The second-order valence-electron chi connectivity index (χ2n) is 7.80. The maximum atomic E-state index is 8.79. The lowest BCUT2D eigenvalue weighted by molar-refractivity contribution is 0.200. The van der Waals surface area contributed by atoms with E-state index in [2.05, 4.69) is 27.9 Å². The predicted octanol–water partition coefficient (Wildman–Crippen LogP) is 3.89. The monoisotopic (exact) mass is 415 g/mol. The van der Waals surface area contributed by atoms with Crippen LogP contribution in [0.15, 0.2) is 64.9 Å². The van der Waals surface area contributed by atoms with Crippen LogP contribution >= 0.6 is 0 Å². The second-order valence-corrected chi connectivity index (χ2v) is 7.80. The molecule has 2 aromatic carbocycles. The van der Waals surface area contributed by atoms with Crippen molar-refractivity contribution in [1.29, 1.82) is 5.26 Å². The zero-order valence-electron chi connectivity index (χ0n) is 17.4. The number of rotatable bonds is 8. The summed E-state index contributed by atoms with van der Waals surface area (Å²) in [7, 11) is 0. The minimum absolute atomic E-state index is 0.0442. The summed E-state index contributed by atoms with van der Waals surface area (Å²) in [6.07, 6.45) is 3.78. The summed E-state index contributed by atoms with van der Waals surface area (Å²) < 4.78 is 11.4. The number of nitriles is 1. The van der Waals surface area contributed by atoms with Crippen molar-refractivity contribution >= 4 is 17.9 Å². The van der Waals surface area contributed by atoms with Crippen molar-refractivity contribution in [3.05, 3.63) is 71.6 Å². The van der Waals surface area contributed by atoms with Gasteiger partial charge in [-0.25, -0.2) is 9.98 Å². The van der Waals surface area contributed by atoms with Crippen molar-refractivity contribution in [3.63, 3.8) is 0 Å². The first-order chi connectivity index (χ1) is 15.0. The van der Waals surface area contributed by atoms with Gasteiger partial charge in [0.2, 0.25) is 6.23 Å². The average molecular weight is 415 g/mol. The first-order valence-corrected chi connectivity index (χ1v) is 10.2. The molecule has 0 bridgehead atoms. The maximum absolute atomic E-state index is 8.79. The third-order valence-electron chi connectivity index (χ3n) is 5.27. The van der Waals surface area contributed by atoms with Gasteiger partial charge in [-0.3, -0.25) is 0 Å². The quantitative estimate of drug-likeness (QED) is 0.387. The van der Waals surface area contributed by atoms with Crippen LogP contribution in [-0.2, 0) is 11.2 Å². The molecule has 2 atom stereocenters. The number of nitrogens with two attached hydrogens (primary N) is 1. The largest absolute Gasteiger partial charge is 0.456 e. The molecular weight excluding hydrogens is 390 g/mol. The van der Waals surface area contributed by atoms with Crippen molar-refractivity contribution in [2.45, 2.75) is 38.5 Å². The van der Waals surface area contributed by atoms with E-state index in [-0.39, 0.29) is 12.3 Å². The number of hydrogen-bond donors (Lipinski definition) is 2. The van der Waals surface area contributed by atoms with Crippen molar-refractivity contribution in [2.24, 2.45) is 21.6 Å². The highest BCUT2D eigenvalue weighted by Crippen LogP contribution is 2.38. The van der Waals surface area contributed by atoms with Gasteiger partial charge in [0.05, 0.1) is 18.2 Å². The Bertz CT molecular complexity index is 1060. The molecule has 3 N–H and O–H groups in total. The molecule has 4 rings (SSSR count).